The second-order valence-electron chi connectivity index (χ2n) is 7.16. The van der Waals surface area contributed by atoms with E-state index in [1.165, 1.54) is 0 Å². The molecule has 0 radical (unpaired) electrons. The third kappa shape index (κ3) is 3.24. The van der Waals surface area contributed by atoms with Gasteiger partial charge in [-0.2, -0.15) is 0 Å². The molecule has 1 fully saturated rings. The molecule has 2 amide bonds. The molecule has 2 aliphatic rings. The molecule has 1 atom stereocenters. The van der Waals surface area contributed by atoms with Gasteiger partial charge >= 0.3 is 0 Å². The van der Waals surface area contributed by atoms with Crippen molar-refractivity contribution in [3.05, 3.63) is 60.3 Å². The van der Waals surface area contributed by atoms with Crippen molar-refractivity contribution in [2.75, 3.05) is 18.2 Å². The highest BCUT2D eigenvalue weighted by atomic mass is 16.7. The van der Waals surface area contributed by atoms with E-state index in [2.05, 4.69) is 10.3 Å². The van der Waals surface area contributed by atoms with Crippen molar-refractivity contribution in [3.63, 3.8) is 0 Å². The average Bonchev–Trinajstić information content (AvgIpc) is 3.37. The van der Waals surface area contributed by atoms with Gasteiger partial charge in [0.15, 0.2) is 11.5 Å². The third-order valence-electron chi connectivity index (χ3n) is 5.30. The van der Waals surface area contributed by atoms with Crippen molar-refractivity contribution in [2.45, 2.75) is 13.0 Å². The van der Waals surface area contributed by atoms with Crippen LogP contribution in [0.15, 0.2) is 54.7 Å². The molecule has 7 heteroatoms. The summed E-state index contributed by atoms with van der Waals surface area (Å²) in [7, 11) is 0. The fourth-order valence-electron chi connectivity index (χ4n) is 3.81. The van der Waals surface area contributed by atoms with Gasteiger partial charge in [-0.05, 0) is 29.8 Å². The summed E-state index contributed by atoms with van der Waals surface area (Å²) in [6.07, 6.45) is 1.90. The first-order valence-electron chi connectivity index (χ1n) is 9.49. The van der Waals surface area contributed by atoms with Crippen molar-refractivity contribution in [1.82, 2.24) is 10.3 Å². The summed E-state index contributed by atoms with van der Waals surface area (Å²) in [6.45, 7) is 0.936. The Morgan fingerprint density at radius 3 is 2.93 bits per heavy atom. The predicted octanol–water partition coefficient (Wildman–Crippen LogP) is 2.63. The molecule has 7 nitrogen and oxygen atoms in total. The van der Waals surface area contributed by atoms with E-state index < -0.39 is 5.92 Å². The molecule has 2 aromatic carbocycles. The lowest BCUT2D eigenvalue weighted by Crippen LogP contribution is -2.32. The van der Waals surface area contributed by atoms with Crippen molar-refractivity contribution >= 4 is 28.4 Å². The Kier molecular flexibility index (Phi) is 4.27. The lowest BCUT2D eigenvalue weighted by molar-refractivity contribution is -0.126. The maximum atomic E-state index is 12.7. The van der Waals surface area contributed by atoms with Crippen molar-refractivity contribution in [3.8, 4) is 11.5 Å². The zero-order valence-electron chi connectivity index (χ0n) is 15.6. The number of rotatable bonds is 4. The molecule has 1 N–H and O–H groups in total. The van der Waals surface area contributed by atoms with Gasteiger partial charge < -0.3 is 19.7 Å². The molecule has 1 unspecified atom stereocenters. The summed E-state index contributed by atoms with van der Waals surface area (Å²) in [5, 5.41) is 3.90. The van der Waals surface area contributed by atoms with Crippen LogP contribution < -0.4 is 19.7 Å². The Labute approximate surface area is 167 Å². The third-order valence-corrected chi connectivity index (χ3v) is 5.30. The summed E-state index contributed by atoms with van der Waals surface area (Å²) in [6, 6.07) is 15.1. The Morgan fingerprint density at radius 2 is 2.00 bits per heavy atom. The number of carbonyl (C=O) groups excluding carboxylic acids is 2. The van der Waals surface area contributed by atoms with Gasteiger partial charge in [-0.1, -0.05) is 24.3 Å². The van der Waals surface area contributed by atoms with Crippen LogP contribution in [0.4, 0.5) is 5.69 Å². The zero-order chi connectivity index (χ0) is 19.8. The van der Waals surface area contributed by atoms with Crippen LogP contribution in [0.2, 0.25) is 0 Å². The number of hydrogen-bond acceptors (Lipinski definition) is 5. The minimum absolute atomic E-state index is 0.0635. The number of fused-ring (bicyclic) bond motifs is 2. The van der Waals surface area contributed by atoms with Crippen LogP contribution in [0.1, 0.15) is 12.0 Å². The van der Waals surface area contributed by atoms with Gasteiger partial charge in [-0.25, -0.2) is 0 Å². The number of nitrogens with one attached hydrogen (secondary N) is 1. The standard InChI is InChI=1S/C22H19N3O4/c26-20-10-16(12-25(20)17-5-1-3-15-4-2-8-23-21(15)17)22(27)24-11-14-6-7-18-19(9-14)29-13-28-18/h1-9,16H,10-13H2,(H,24,27). The lowest BCUT2D eigenvalue weighted by Gasteiger charge is -2.18. The molecule has 0 aliphatic carbocycles. The van der Waals surface area contributed by atoms with Crippen LogP contribution in [0.25, 0.3) is 10.9 Å². The van der Waals surface area contributed by atoms with Gasteiger partial charge in [0, 0.05) is 31.1 Å². The van der Waals surface area contributed by atoms with Crippen LogP contribution in [-0.2, 0) is 16.1 Å². The van der Waals surface area contributed by atoms with Gasteiger partial charge in [0.2, 0.25) is 18.6 Å². The SMILES string of the molecule is O=C(NCc1ccc2c(c1)OCO2)C1CC(=O)N(c2cccc3cccnc23)C1. The van der Waals surface area contributed by atoms with E-state index in [1.54, 1.807) is 11.1 Å². The van der Waals surface area contributed by atoms with Crippen LogP contribution >= 0.6 is 0 Å². The average molecular weight is 389 g/mol. The maximum Gasteiger partial charge on any atom is 0.231 e. The Hall–Kier alpha value is -3.61. The van der Waals surface area contributed by atoms with E-state index in [1.807, 2.05) is 48.5 Å². The first kappa shape index (κ1) is 17.5. The van der Waals surface area contributed by atoms with Crippen molar-refractivity contribution in [2.24, 2.45) is 5.92 Å². The van der Waals surface area contributed by atoms with Gasteiger partial charge in [0.25, 0.3) is 0 Å². The Bertz CT molecular complexity index is 1110. The van der Waals surface area contributed by atoms with E-state index in [0.29, 0.717) is 24.6 Å². The van der Waals surface area contributed by atoms with Crippen LogP contribution in [0.3, 0.4) is 0 Å². The molecule has 1 aromatic heterocycles. The Balaban J connectivity index is 1.28. The number of aromatic nitrogens is 1. The molecule has 0 spiro atoms. The minimum Gasteiger partial charge on any atom is -0.454 e. The number of ether oxygens (including phenoxy) is 2. The first-order valence-corrected chi connectivity index (χ1v) is 9.49. The summed E-state index contributed by atoms with van der Waals surface area (Å²) < 4.78 is 10.7. The number of amides is 2. The summed E-state index contributed by atoms with van der Waals surface area (Å²) in [5.74, 6) is 0.803. The highest BCUT2D eigenvalue weighted by Crippen LogP contribution is 2.33. The molecule has 0 saturated carbocycles. The fraction of sp³-hybridized carbons (Fsp3) is 0.227. The minimum atomic E-state index is -0.393. The summed E-state index contributed by atoms with van der Waals surface area (Å²) in [4.78, 5) is 31.4. The topological polar surface area (TPSA) is 80.8 Å². The highest BCUT2D eigenvalue weighted by molar-refractivity contribution is 6.05. The monoisotopic (exact) mass is 389 g/mol. The lowest BCUT2D eigenvalue weighted by atomic mass is 10.1. The molecule has 1 saturated heterocycles. The zero-order valence-corrected chi connectivity index (χ0v) is 15.6. The second kappa shape index (κ2) is 7.09. The van der Waals surface area contributed by atoms with E-state index in [0.717, 1.165) is 22.2 Å². The van der Waals surface area contributed by atoms with E-state index in [9.17, 15) is 9.59 Å². The first-order chi connectivity index (χ1) is 14.2. The molecule has 3 heterocycles. The summed E-state index contributed by atoms with van der Waals surface area (Å²) >= 11 is 0. The molecular formula is C22H19N3O4. The molecule has 0 bridgehead atoms. The van der Waals surface area contributed by atoms with E-state index in [-0.39, 0.29) is 25.0 Å². The molecule has 29 heavy (non-hydrogen) atoms. The van der Waals surface area contributed by atoms with Gasteiger partial charge in [-0.3, -0.25) is 14.6 Å². The van der Waals surface area contributed by atoms with Crippen molar-refractivity contribution in [1.29, 1.82) is 0 Å². The van der Waals surface area contributed by atoms with Crippen LogP contribution in [-0.4, -0.2) is 30.1 Å². The molecule has 2 aliphatic heterocycles. The number of nitrogens with zero attached hydrogens (tertiary/aromatic N) is 2. The Morgan fingerprint density at radius 1 is 1.14 bits per heavy atom. The summed E-state index contributed by atoms with van der Waals surface area (Å²) in [5.41, 5.74) is 2.44. The number of para-hydroxylation sites is 1. The number of benzene rings is 2. The highest BCUT2D eigenvalue weighted by Gasteiger charge is 2.35. The predicted molar refractivity (Wildman–Crippen MR) is 107 cm³/mol. The largest absolute Gasteiger partial charge is 0.454 e. The van der Waals surface area contributed by atoms with E-state index >= 15 is 0 Å². The van der Waals surface area contributed by atoms with Gasteiger partial charge in [0.05, 0.1) is 17.1 Å². The smallest absolute Gasteiger partial charge is 0.231 e. The fourth-order valence-corrected chi connectivity index (χ4v) is 3.81. The van der Waals surface area contributed by atoms with E-state index in [4.69, 9.17) is 9.47 Å². The normalized spacial score (nSPS) is 17.7. The quantitative estimate of drug-likeness (QED) is 0.742. The number of carbonyl (C=O) groups is 2. The molecule has 146 valence electrons. The van der Waals surface area contributed by atoms with Gasteiger partial charge in [-0.15, -0.1) is 0 Å². The number of hydrogen-bond donors (Lipinski definition) is 1. The van der Waals surface area contributed by atoms with Crippen molar-refractivity contribution < 1.29 is 19.1 Å². The number of anilines is 1. The molecular weight excluding hydrogens is 370 g/mol. The maximum absolute atomic E-state index is 12.7. The number of pyridine rings is 1. The molecule has 3 aromatic rings. The van der Waals surface area contributed by atoms with Crippen LogP contribution in [0.5, 0.6) is 11.5 Å². The molecule has 5 rings (SSSR count). The second-order valence-corrected chi connectivity index (χ2v) is 7.16. The van der Waals surface area contributed by atoms with Crippen LogP contribution in [0, 0.1) is 5.92 Å². The van der Waals surface area contributed by atoms with Gasteiger partial charge in [0.1, 0.15) is 0 Å².